The lowest BCUT2D eigenvalue weighted by Crippen LogP contribution is -2.52. The smallest absolute Gasteiger partial charge is 0.270 e. The van der Waals surface area contributed by atoms with Crippen molar-refractivity contribution in [2.24, 2.45) is 5.41 Å². The third-order valence-corrected chi connectivity index (χ3v) is 9.81. The molecule has 3 saturated heterocycles. The van der Waals surface area contributed by atoms with Crippen molar-refractivity contribution in [2.75, 3.05) is 54.8 Å². The molecule has 2 aromatic rings. The highest BCUT2D eigenvalue weighted by atomic mass is 16.2. The Morgan fingerprint density at radius 1 is 0.878 bits per heavy atom. The summed E-state index contributed by atoms with van der Waals surface area (Å²) in [7, 11) is 0. The molecule has 0 bridgehead atoms. The van der Waals surface area contributed by atoms with Crippen LogP contribution in [-0.2, 0) is 9.59 Å². The lowest BCUT2D eigenvalue weighted by molar-refractivity contribution is -0.134. The number of piperidine rings is 2. The molecule has 6 rings (SSSR count). The van der Waals surface area contributed by atoms with Gasteiger partial charge in [0, 0.05) is 75.0 Å². The van der Waals surface area contributed by atoms with Gasteiger partial charge in [-0.3, -0.25) is 29.6 Å². The third kappa shape index (κ3) is 6.17. The van der Waals surface area contributed by atoms with E-state index in [1.54, 1.807) is 6.20 Å². The van der Waals surface area contributed by atoms with E-state index in [-0.39, 0.29) is 18.2 Å². The molecule has 4 N–H and O–H groups in total. The molecule has 1 atom stereocenters. The molecule has 1 spiro atoms. The average Bonchev–Trinajstić information content (AvgIpc) is 3.00. The molecule has 1 aliphatic carbocycles. The first-order valence-corrected chi connectivity index (χ1v) is 15.1. The number of hydrogen-bond acceptors (Lipinski definition) is 8. The van der Waals surface area contributed by atoms with Crippen LogP contribution in [0.15, 0.2) is 42.6 Å². The predicted octanol–water partition coefficient (Wildman–Crippen LogP) is 2.55. The molecule has 1 saturated carbocycles. The van der Waals surface area contributed by atoms with Gasteiger partial charge in [-0.2, -0.15) is 0 Å². The lowest BCUT2D eigenvalue weighted by atomic mass is 9.66. The van der Waals surface area contributed by atoms with Gasteiger partial charge in [0.15, 0.2) is 0 Å². The number of amides is 3. The summed E-state index contributed by atoms with van der Waals surface area (Å²) in [5, 5.41) is 5.01. The second-order valence-corrected chi connectivity index (χ2v) is 12.2. The Labute approximate surface area is 241 Å². The average molecular weight is 560 g/mol. The first-order chi connectivity index (χ1) is 19.9. The van der Waals surface area contributed by atoms with Gasteiger partial charge in [-0.1, -0.05) is 0 Å². The summed E-state index contributed by atoms with van der Waals surface area (Å²) in [6.45, 7) is 6.33. The van der Waals surface area contributed by atoms with Gasteiger partial charge < -0.3 is 20.9 Å². The van der Waals surface area contributed by atoms with Gasteiger partial charge in [-0.15, -0.1) is 0 Å². The highest BCUT2D eigenvalue weighted by Crippen LogP contribution is 2.46. The van der Waals surface area contributed by atoms with Crippen molar-refractivity contribution in [3.8, 4) is 0 Å². The Kier molecular flexibility index (Phi) is 7.84. The van der Waals surface area contributed by atoms with Crippen molar-refractivity contribution >= 4 is 34.8 Å². The second kappa shape index (κ2) is 11.7. The number of imide groups is 1. The van der Waals surface area contributed by atoms with Crippen LogP contribution in [0.2, 0.25) is 0 Å². The van der Waals surface area contributed by atoms with Gasteiger partial charge in [-0.05, 0) is 86.8 Å². The summed E-state index contributed by atoms with van der Waals surface area (Å²) >= 11 is 0. The fourth-order valence-corrected chi connectivity index (χ4v) is 7.15. The largest absolute Gasteiger partial charge is 0.399 e. The number of nitrogens with one attached hydrogen (secondary N) is 2. The Bertz CT molecular complexity index is 1260. The fourth-order valence-electron chi connectivity index (χ4n) is 7.15. The third-order valence-electron chi connectivity index (χ3n) is 9.81. The number of anilines is 3. The molecule has 10 nitrogen and oxygen atoms in total. The number of pyridine rings is 1. The molecule has 41 heavy (non-hydrogen) atoms. The zero-order valence-corrected chi connectivity index (χ0v) is 23.7. The summed E-state index contributed by atoms with van der Waals surface area (Å²) in [4.78, 5) is 48.0. The van der Waals surface area contributed by atoms with Crippen LogP contribution in [0.4, 0.5) is 17.1 Å². The van der Waals surface area contributed by atoms with E-state index in [1.807, 2.05) is 24.3 Å². The normalized spacial score (nSPS) is 23.9. The maximum absolute atomic E-state index is 12.8. The van der Waals surface area contributed by atoms with Crippen molar-refractivity contribution in [1.29, 1.82) is 0 Å². The summed E-state index contributed by atoms with van der Waals surface area (Å²) in [6.07, 6.45) is 9.68. The monoisotopic (exact) mass is 559 g/mol. The Morgan fingerprint density at radius 3 is 2.24 bits per heavy atom. The van der Waals surface area contributed by atoms with Crippen LogP contribution < -0.4 is 26.2 Å². The second-order valence-electron chi connectivity index (χ2n) is 12.2. The number of nitrogen functional groups attached to an aromatic ring is 1. The number of aromatic nitrogens is 1. The maximum Gasteiger partial charge on any atom is 0.270 e. The minimum absolute atomic E-state index is 0.224. The highest BCUT2D eigenvalue weighted by Gasteiger charge is 2.40. The molecule has 218 valence electrons. The number of nitrogens with zero attached hydrogens (tertiary/aromatic N) is 4. The number of carbonyl (C=O) groups excluding carboxylic acids is 3. The molecule has 1 aromatic carbocycles. The lowest BCUT2D eigenvalue weighted by Gasteiger charge is -2.49. The minimum atomic E-state index is -0.705. The van der Waals surface area contributed by atoms with Gasteiger partial charge in [0.2, 0.25) is 11.8 Å². The van der Waals surface area contributed by atoms with Crippen molar-refractivity contribution in [2.45, 2.75) is 63.5 Å². The van der Waals surface area contributed by atoms with Crippen LogP contribution in [0.3, 0.4) is 0 Å². The molecule has 0 radical (unpaired) electrons. The van der Waals surface area contributed by atoms with E-state index >= 15 is 0 Å². The van der Waals surface area contributed by atoms with Crippen LogP contribution >= 0.6 is 0 Å². The van der Waals surface area contributed by atoms with Crippen LogP contribution in [-0.4, -0.2) is 79.0 Å². The summed E-state index contributed by atoms with van der Waals surface area (Å²) in [5.74, 6) is -1.14. The Hall–Kier alpha value is -3.66. The van der Waals surface area contributed by atoms with Crippen LogP contribution in [0, 0.1) is 5.41 Å². The van der Waals surface area contributed by atoms with Gasteiger partial charge in [0.1, 0.15) is 11.7 Å². The molecule has 3 amide bonds. The first kappa shape index (κ1) is 27.5. The molecular weight excluding hydrogens is 518 g/mol. The van der Waals surface area contributed by atoms with E-state index in [4.69, 9.17) is 5.73 Å². The molecule has 10 heteroatoms. The zero-order valence-electron chi connectivity index (χ0n) is 23.7. The van der Waals surface area contributed by atoms with Crippen molar-refractivity contribution in [3.05, 3.63) is 48.3 Å². The molecule has 4 heterocycles. The molecule has 3 aliphatic heterocycles. The van der Waals surface area contributed by atoms with Crippen molar-refractivity contribution < 1.29 is 14.4 Å². The van der Waals surface area contributed by atoms with E-state index in [1.165, 1.54) is 44.2 Å². The SMILES string of the molecule is Nc1ccc(N2CCN(C3CCC4(CC3)CCN(c3ccnc(C(=O)NC5CCC(=O)NC5=O)c3)CC4)CC2)cc1. The summed E-state index contributed by atoms with van der Waals surface area (Å²) in [5.41, 5.74) is 9.66. The summed E-state index contributed by atoms with van der Waals surface area (Å²) < 4.78 is 0. The first-order valence-electron chi connectivity index (χ1n) is 15.1. The quantitative estimate of drug-likeness (QED) is 0.377. The Morgan fingerprint density at radius 2 is 1.56 bits per heavy atom. The highest BCUT2D eigenvalue weighted by molar-refractivity contribution is 6.03. The van der Waals surface area contributed by atoms with Gasteiger partial charge in [0.25, 0.3) is 5.91 Å². The van der Waals surface area contributed by atoms with Crippen LogP contribution in [0.25, 0.3) is 0 Å². The number of carbonyl (C=O) groups is 3. The van der Waals surface area contributed by atoms with E-state index in [9.17, 15) is 14.4 Å². The number of piperazine rings is 1. The zero-order chi connectivity index (χ0) is 28.4. The molecule has 4 aliphatic rings. The number of nitrogens with two attached hydrogens (primary N) is 1. The summed E-state index contributed by atoms with van der Waals surface area (Å²) in [6, 6.07) is 12.0. The fraction of sp³-hybridized carbons (Fsp3) is 0.548. The van der Waals surface area contributed by atoms with Gasteiger partial charge in [0.05, 0.1) is 0 Å². The van der Waals surface area contributed by atoms with E-state index < -0.39 is 11.9 Å². The van der Waals surface area contributed by atoms with Crippen LogP contribution in [0.1, 0.15) is 61.9 Å². The molecule has 4 fully saturated rings. The van der Waals surface area contributed by atoms with E-state index in [2.05, 4.69) is 42.5 Å². The van der Waals surface area contributed by atoms with Crippen LogP contribution in [0.5, 0.6) is 0 Å². The molecule has 1 unspecified atom stereocenters. The van der Waals surface area contributed by atoms with Crippen molar-refractivity contribution in [1.82, 2.24) is 20.5 Å². The number of benzene rings is 1. The standard InChI is InChI=1S/C31H41N7O3/c32-22-1-3-23(4-2-22)37-17-19-38(20-18-37)24-7-10-31(11-8-24)12-15-36(16-13-31)25-9-14-33-27(21-25)30(41)34-26-5-6-28(39)35-29(26)40/h1-4,9,14,21,24,26H,5-8,10-13,15-20,32H2,(H,34,41)(H,35,39,40). The number of rotatable bonds is 5. The number of hydrogen-bond donors (Lipinski definition) is 3. The predicted molar refractivity (Wildman–Crippen MR) is 159 cm³/mol. The maximum atomic E-state index is 12.8. The molecule has 1 aromatic heterocycles. The Balaban J connectivity index is 0.973. The van der Waals surface area contributed by atoms with Gasteiger partial charge in [-0.25, -0.2) is 0 Å². The van der Waals surface area contributed by atoms with Gasteiger partial charge >= 0.3 is 0 Å². The van der Waals surface area contributed by atoms with E-state index in [0.29, 0.717) is 23.6 Å². The topological polar surface area (TPSA) is 124 Å². The minimum Gasteiger partial charge on any atom is -0.399 e. The van der Waals surface area contributed by atoms with E-state index in [0.717, 1.165) is 50.6 Å². The molecular formula is C31H41N7O3. The van der Waals surface area contributed by atoms with Crippen molar-refractivity contribution in [3.63, 3.8) is 0 Å².